The Kier molecular flexibility index (Phi) is 3.56. The maximum Gasteiger partial charge on any atom is 0.238 e. The number of aromatic hydroxyl groups is 1. The van der Waals surface area contributed by atoms with E-state index in [4.69, 9.17) is 4.42 Å². The van der Waals surface area contributed by atoms with Gasteiger partial charge in [0, 0.05) is 22.2 Å². The van der Waals surface area contributed by atoms with Crippen LogP contribution in [0.4, 0.5) is 5.69 Å². The Hall–Kier alpha value is -4.17. The van der Waals surface area contributed by atoms with Crippen LogP contribution in [0.15, 0.2) is 76.1 Å². The van der Waals surface area contributed by atoms with E-state index in [1.54, 1.807) is 0 Å². The molecule has 0 radical (unpaired) electrons. The zero-order valence-corrected chi connectivity index (χ0v) is 14.6. The number of aromatic nitrogens is 1. The summed E-state index contributed by atoms with van der Waals surface area (Å²) in [4.78, 5) is 8.96. The number of fused-ring (bicyclic) bond motifs is 4. The van der Waals surface area contributed by atoms with Gasteiger partial charge in [-0.25, -0.2) is 9.98 Å². The second-order valence-electron chi connectivity index (χ2n) is 6.39. The minimum absolute atomic E-state index is 0.0620. The predicted molar refractivity (Wildman–Crippen MR) is 109 cm³/mol. The fraction of sp³-hybridized carbons (Fsp3) is 0. The van der Waals surface area contributed by atoms with E-state index >= 15 is 0 Å². The Morgan fingerprint density at radius 3 is 2.54 bits per heavy atom. The minimum Gasteiger partial charge on any atom is -0.506 e. The molecule has 0 aliphatic heterocycles. The van der Waals surface area contributed by atoms with Gasteiger partial charge in [0.1, 0.15) is 17.0 Å². The average molecular weight is 363 g/mol. The van der Waals surface area contributed by atoms with Crippen LogP contribution in [0.1, 0.15) is 11.5 Å². The van der Waals surface area contributed by atoms with Crippen molar-refractivity contribution in [3.8, 4) is 11.8 Å². The molecule has 5 heteroatoms. The SMILES string of the molecule is N#Cc1cc(O)c(N=Cc2nc3c(ccc4ccccc43)o2)c2ccccc12. The van der Waals surface area contributed by atoms with E-state index in [1.807, 2.05) is 60.7 Å². The fourth-order valence-corrected chi connectivity index (χ4v) is 3.43. The van der Waals surface area contributed by atoms with Gasteiger partial charge >= 0.3 is 0 Å². The molecule has 5 aromatic rings. The van der Waals surface area contributed by atoms with Crippen molar-refractivity contribution in [1.29, 1.82) is 5.26 Å². The summed E-state index contributed by atoms with van der Waals surface area (Å²) in [5.74, 6) is 0.284. The van der Waals surface area contributed by atoms with Gasteiger partial charge in [0.05, 0.1) is 17.8 Å². The summed E-state index contributed by atoms with van der Waals surface area (Å²) < 4.78 is 5.80. The first kappa shape index (κ1) is 16.0. The first-order valence-corrected chi connectivity index (χ1v) is 8.72. The van der Waals surface area contributed by atoms with E-state index in [-0.39, 0.29) is 5.75 Å². The van der Waals surface area contributed by atoms with E-state index in [0.717, 1.165) is 21.7 Å². The van der Waals surface area contributed by atoms with Crippen molar-refractivity contribution in [2.45, 2.75) is 0 Å². The highest BCUT2D eigenvalue weighted by atomic mass is 16.3. The number of benzene rings is 4. The summed E-state index contributed by atoms with van der Waals surface area (Å²) in [5.41, 5.74) is 2.23. The Bertz CT molecular complexity index is 1440. The molecule has 5 nitrogen and oxygen atoms in total. The lowest BCUT2D eigenvalue weighted by Crippen LogP contribution is -1.84. The maximum atomic E-state index is 10.4. The van der Waals surface area contributed by atoms with Gasteiger partial charge in [-0.15, -0.1) is 0 Å². The molecule has 4 aromatic carbocycles. The van der Waals surface area contributed by atoms with Crippen LogP contribution in [-0.4, -0.2) is 16.3 Å². The summed E-state index contributed by atoms with van der Waals surface area (Å²) in [5, 5.41) is 23.2. The molecule has 132 valence electrons. The molecule has 0 aliphatic rings. The zero-order chi connectivity index (χ0) is 19.1. The van der Waals surface area contributed by atoms with Crippen LogP contribution in [-0.2, 0) is 0 Å². The van der Waals surface area contributed by atoms with E-state index in [9.17, 15) is 10.4 Å². The van der Waals surface area contributed by atoms with Crippen molar-refractivity contribution in [2.75, 3.05) is 0 Å². The Labute approximate surface area is 159 Å². The van der Waals surface area contributed by atoms with Crippen LogP contribution in [0.25, 0.3) is 32.6 Å². The van der Waals surface area contributed by atoms with E-state index in [1.165, 1.54) is 12.3 Å². The maximum absolute atomic E-state index is 10.4. The molecule has 1 N–H and O–H groups in total. The molecule has 5 rings (SSSR count). The molecule has 0 saturated carbocycles. The Morgan fingerprint density at radius 1 is 0.964 bits per heavy atom. The number of oxazole rings is 1. The number of hydrogen-bond acceptors (Lipinski definition) is 5. The van der Waals surface area contributed by atoms with E-state index in [0.29, 0.717) is 28.1 Å². The molecule has 1 aromatic heterocycles. The molecule has 0 spiro atoms. The molecule has 0 atom stereocenters. The summed E-state index contributed by atoms with van der Waals surface area (Å²) in [6.07, 6.45) is 1.49. The van der Waals surface area contributed by atoms with Crippen molar-refractivity contribution < 1.29 is 9.52 Å². The van der Waals surface area contributed by atoms with Crippen molar-refractivity contribution in [2.24, 2.45) is 4.99 Å². The molecule has 0 amide bonds. The smallest absolute Gasteiger partial charge is 0.238 e. The van der Waals surface area contributed by atoms with Gasteiger partial charge in [-0.2, -0.15) is 5.26 Å². The highest BCUT2D eigenvalue weighted by Gasteiger charge is 2.12. The molecule has 1 heterocycles. The summed E-state index contributed by atoms with van der Waals surface area (Å²) in [7, 11) is 0. The predicted octanol–water partition coefficient (Wildman–Crippen LogP) is 5.46. The first-order valence-electron chi connectivity index (χ1n) is 8.72. The molecule has 0 bridgehead atoms. The molecule has 0 saturated heterocycles. The minimum atomic E-state index is -0.0620. The topological polar surface area (TPSA) is 82.4 Å². The average Bonchev–Trinajstić information content (AvgIpc) is 3.16. The lowest BCUT2D eigenvalue weighted by Gasteiger charge is -2.06. The van der Waals surface area contributed by atoms with Gasteiger partial charge in [-0.3, -0.25) is 0 Å². The molecular weight excluding hydrogens is 350 g/mol. The summed E-state index contributed by atoms with van der Waals surface area (Å²) >= 11 is 0. The lowest BCUT2D eigenvalue weighted by molar-refractivity contribution is 0.477. The number of nitriles is 1. The zero-order valence-electron chi connectivity index (χ0n) is 14.6. The number of phenolic OH excluding ortho intramolecular Hbond substituents is 1. The Morgan fingerprint density at radius 2 is 1.71 bits per heavy atom. The van der Waals surface area contributed by atoms with E-state index in [2.05, 4.69) is 16.0 Å². The molecule has 0 unspecified atom stereocenters. The highest BCUT2D eigenvalue weighted by molar-refractivity contribution is 6.05. The number of nitrogens with zero attached hydrogens (tertiary/aromatic N) is 3. The van der Waals surface area contributed by atoms with Crippen LogP contribution < -0.4 is 0 Å². The van der Waals surface area contributed by atoms with Crippen molar-refractivity contribution >= 4 is 44.5 Å². The normalized spacial score (nSPS) is 11.5. The third kappa shape index (κ3) is 2.48. The van der Waals surface area contributed by atoms with E-state index < -0.39 is 0 Å². The van der Waals surface area contributed by atoms with Gasteiger partial charge in [-0.1, -0.05) is 54.6 Å². The molecule has 0 fully saturated rings. The number of phenols is 1. The fourth-order valence-electron chi connectivity index (χ4n) is 3.43. The monoisotopic (exact) mass is 363 g/mol. The van der Waals surface area contributed by atoms with Gasteiger partial charge in [-0.05, 0) is 11.5 Å². The van der Waals surface area contributed by atoms with Gasteiger partial charge in [0.15, 0.2) is 5.58 Å². The van der Waals surface area contributed by atoms with Crippen LogP contribution >= 0.6 is 0 Å². The second kappa shape index (κ2) is 6.22. The van der Waals surface area contributed by atoms with Gasteiger partial charge in [0.2, 0.25) is 5.89 Å². The number of rotatable bonds is 2. The van der Waals surface area contributed by atoms with Crippen LogP contribution in [0.3, 0.4) is 0 Å². The van der Waals surface area contributed by atoms with Gasteiger partial charge < -0.3 is 9.52 Å². The molecular formula is C23H13N3O2. The molecule has 0 aliphatic carbocycles. The largest absolute Gasteiger partial charge is 0.506 e. The van der Waals surface area contributed by atoms with Crippen molar-refractivity contribution in [3.05, 3.63) is 78.2 Å². The number of hydrogen-bond donors (Lipinski definition) is 1. The summed E-state index contributed by atoms with van der Waals surface area (Å²) in [6, 6.07) is 22.7. The molecule has 28 heavy (non-hydrogen) atoms. The van der Waals surface area contributed by atoms with Crippen molar-refractivity contribution in [1.82, 2.24) is 4.98 Å². The van der Waals surface area contributed by atoms with Crippen molar-refractivity contribution in [3.63, 3.8) is 0 Å². The third-order valence-corrected chi connectivity index (χ3v) is 4.72. The Balaban J connectivity index is 1.65. The second-order valence-corrected chi connectivity index (χ2v) is 6.39. The quantitative estimate of drug-likeness (QED) is 0.422. The summed E-state index contributed by atoms with van der Waals surface area (Å²) in [6.45, 7) is 0. The highest BCUT2D eigenvalue weighted by Crippen LogP contribution is 2.37. The van der Waals surface area contributed by atoms with Crippen LogP contribution in [0, 0.1) is 11.3 Å². The van der Waals surface area contributed by atoms with Crippen LogP contribution in [0.2, 0.25) is 0 Å². The third-order valence-electron chi connectivity index (χ3n) is 4.72. The standard InChI is InChI=1S/C23H13N3O2/c24-12-15-11-19(27)22(18-8-4-3-6-16(15)18)25-13-21-26-23-17-7-2-1-5-14(17)9-10-20(23)28-21/h1-11,13,27H. The van der Waals surface area contributed by atoms with Crippen LogP contribution in [0.5, 0.6) is 5.75 Å². The van der Waals surface area contributed by atoms with Gasteiger partial charge in [0.25, 0.3) is 0 Å². The first-order chi connectivity index (χ1) is 13.7. The number of aliphatic imine (C=N–C) groups is 1. The lowest BCUT2D eigenvalue weighted by atomic mass is 10.0.